The summed E-state index contributed by atoms with van der Waals surface area (Å²) >= 11 is 3.77. The molecule has 122 valence electrons. The lowest BCUT2D eigenvalue weighted by Gasteiger charge is -2.30. The molecule has 0 amide bonds. The van der Waals surface area contributed by atoms with Crippen LogP contribution in [0.5, 0.6) is 0 Å². The molecular weight excluding hydrogens is 324 g/mol. The van der Waals surface area contributed by atoms with Crippen LogP contribution in [-0.2, 0) is 12.5 Å². The summed E-state index contributed by atoms with van der Waals surface area (Å²) in [6, 6.07) is 0. The lowest BCUT2D eigenvalue weighted by molar-refractivity contribution is 0.362. The molecule has 1 atom stereocenters. The van der Waals surface area contributed by atoms with E-state index >= 15 is 0 Å². The normalized spacial score (nSPS) is 14.4. The number of hydrogen-bond acceptors (Lipinski definition) is 1. The van der Waals surface area contributed by atoms with E-state index in [0.717, 1.165) is 0 Å². The Morgan fingerprint density at radius 3 is 2.00 bits per heavy atom. The molecule has 0 N–H and O–H groups in total. The Hall–Kier alpha value is -0.310. The van der Waals surface area contributed by atoms with E-state index < -0.39 is 0 Å². The van der Waals surface area contributed by atoms with Crippen molar-refractivity contribution in [3.63, 3.8) is 0 Å². The Bertz CT molecular complexity index is 425. The van der Waals surface area contributed by atoms with Gasteiger partial charge in [-0.25, -0.2) is 0 Å². The maximum Gasteiger partial charge on any atom is 0.107 e. The number of unbranched alkanes of at least 4 members (excludes halogenated alkanes) is 5. The van der Waals surface area contributed by atoms with E-state index in [0.29, 0.717) is 0 Å². The topological polar surface area (TPSA) is 17.8 Å². The summed E-state index contributed by atoms with van der Waals surface area (Å²) < 4.78 is 3.16. The van der Waals surface area contributed by atoms with Crippen molar-refractivity contribution >= 4 is 15.9 Å². The second kappa shape index (κ2) is 8.97. The van der Waals surface area contributed by atoms with Gasteiger partial charge in [-0.15, -0.1) is 0 Å². The first kappa shape index (κ1) is 18.7. The lowest BCUT2D eigenvalue weighted by Crippen LogP contribution is -2.23. The van der Waals surface area contributed by atoms with Gasteiger partial charge in [0.1, 0.15) is 4.60 Å². The van der Waals surface area contributed by atoms with Crippen LogP contribution in [0.15, 0.2) is 4.60 Å². The van der Waals surface area contributed by atoms with E-state index in [1.807, 2.05) is 11.7 Å². The van der Waals surface area contributed by atoms with Gasteiger partial charge in [0.05, 0.1) is 5.69 Å². The van der Waals surface area contributed by atoms with Crippen LogP contribution in [-0.4, -0.2) is 9.78 Å². The van der Waals surface area contributed by atoms with Crippen LogP contribution in [0.25, 0.3) is 0 Å². The van der Waals surface area contributed by atoms with Crippen molar-refractivity contribution in [3.05, 3.63) is 15.9 Å². The summed E-state index contributed by atoms with van der Waals surface area (Å²) in [7, 11) is 2.03. The van der Waals surface area contributed by atoms with Gasteiger partial charge in [0.25, 0.3) is 0 Å². The largest absolute Gasteiger partial charge is 0.261 e. The summed E-state index contributed by atoms with van der Waals surface area (Å²) in [5.74, 6) is 0. The third kappa shape index (κ3) is 5.12. The Morgan fingerprint density at radius 1 is 1.00 bits per heavy atom. The molecule has 1 aromatic heterocycles. The van der Waals surface area contributed by atoms with E-state index in [4.69, 9.17) is 0 Å². The average Bonchev–Trinajstić information content (AvgIpc) is 2.69. The molecule has 1 rings (SSSR count). The van der Waals surface area contributed by atoms with E-state index in [2.05, 4.69) is 48.7 Å². The number of rotatable bonds is 10. The molecule has 1 unspecified atom stereocenters. The number of halogens is 1. The molecule has 0 aliphatic heterocycles. The maximum atomic E-state index is 4.62. The van der Waals surface area contributed by atoms with Gasteiger partial charge in [-0.05, 0) is 41.1 Å². The third-order valence-corrected chi connectivity index (χ3v) is 5.58. The predicted octanol–water partition coefficient (Wildman–Crippen LogP) is 6.30. The molecule has 1 aromatic rings. The van der Waals surface area contributed by atoms with Crippen LogP contribution in [0, 0.1) is 6.92 Å². The van der Waals surface area contributed by atoms with Gasteiger partial charge < -0.3 is 0 Å². The fraction of sp³-hybridized carbons (Fsp3) is 0.833. The van der Waals surface area contributed by atoms with Gasteiger partial charge >= 0.3 is 0 Å². The van der Waals surface area contributed by atoms with Gasteiger partial charge in [0, 0.05) is 12.6 Å². The monoisotopic (exact) mass is 356 g/mol. The van der Waals surface area contributed by atoms with Crippen LogP contribution >= 0.6 is 15.9 Å². The van der Waals surface area contributed by atoms with Gasteiger partial charge in [-0.3, -0.25) is 4.68 Å². The fourth-order valence-corrected chi connectivity index (χ4v) is 4.24. The second-order valence-electron chi connectivity index (χ2n) is 6.70. The molecule has 0 aliphatic rings. The molecule has 0 saturated heterocycles. The van der Waals surface area contributed by atoms with Crippen molar-refractivity contribution in [1.29, 1.82) is 0 Å². The highest BCUT2D eigenvalue weighted by Gasteiger charge is 2.31. The van der Waals surface area contributed by atoms with Gasteiger partial charge in [0.2, 0.25) is 0 Å². The molecule has 0 radical (unpaired) electrons. The number of nitrogens with zero attached hydrogens (tertiary/aromatic N) is 2. The Kier molecular flexibility index (Phi) is 8.00. The molecule has 1 heterocycles. The zero-order chi connectivity index (χ0) is 15.9. The SMILES string of the molecule is CCCCCCC(C)(CCCCC)c1c(C)nn(C)c1Br. The predicted molar refractivity (Wildman–Crippen MR) is 95.9 cm³/mol. The number of aryl methyl sites for hydroxylation is 2. The van der Waals surface area contributed by atoms with E-state index in [1.54, 1.807) is 0 Å². The molecule has 3 heteroatoms. The van der Waals surface area contributed by atoms with E-state index in [9.17, 15) is 0 Å². The van der Waals surface area contributed by atoms with Gasteiger partial charge in [0.15, 0.2) is 0 Å². The van der Waals surface area contributed by atoms with Crippen molar-refractivity contribution in [2.45, 2.75) is 90.9 Å². The minimum Gasteiger partial charge on any atom is -0.261 e. The number of hydrogen-bond donors (Lipinski definition) is 0. The van der Waals surface area contributed by atoms with Crippen LogP contribution in [0.2, 0.25) is 0 Å². The quantitative estimate of drug-likeness (QED) is 0.449. The van der Waals surface area contributed by atoms with E-state index in [-0.39, 0.29) is 5.41 Å². The molecule has 0 spiro atoms. The maximum absolute atomic E-state index is 4.62. The Balaban J connectivity index is 2.88. The minimum absolute atomic E-state index is 0.264. The molecule has 0 saturated carbocycles. The molecular formula is C18H33BrN2. The summed E-state index contributed by atoms with van der Waals surface area (Å²) in [6.07, 6.45) is 11.9. The van der Waals surface area contributed by atoms with Crippen LogP contribution < -0.4 is 0 Å². The van der Waals surface area contributed by atoms with Crippen LogP contribution in [0.1, 0.15) is 89.8 Å². The van der Waals surface area contributed by atoms with Crippen molar-refractivity contribution in [2.75, 3.05) is 0 Å². The fourth-order valence-electron chi connectivity index (χ4n) is 3.40. The first-order chi connectivity index (χ1) is 9.96. The Labute approximate surface area is 139 Å². The summed E-state index contributed by atoms with van der Waals surface area (Å²) in [5.41, 5.74) is 2.90. The molecule has 0 aliphatic carbocycles. The third-order valence-electron chi connectivity index (χ3n) is 4.67. The highest BCUT2D eigenvalue weighted by atomic mass is 79.9. The zero-order valence-electron chi connectivity index (χ0n) is 14.6. The Morgan fingerprint density at radius 2 is 1.52 bits per heavy atom. The molecule has 0 bridgehead atoms. The highest BCUT2D eigenvalue weighted by molar-refractivity contribution is 9.10. The average molecular weight is 357 g/mol. The van der Waals surface area contributed by atoms with Crippen molar-refractivity contribution in [2.24, 2.45) is 7.05 Å². The standard InChI is InChI=1S/C18H33BrN2/c1-6-8-10-12-14-18(4,13-11-9-7-2)16-15(3)20-21(5)17(16)19/h6-14H2,1-5H3. The molecule has 21 heavy (non-hydrogen) atoms. The van der Waals surface area contributed by atoms with E-state index in [1.165, 1.54) is 73.6 Å². The first-order valence-electron chi connectivity index (χ1n) is 8.65. The summed E-state index contributed by atoms with van der Waals surface area (Å²) in [4.78, 5) is 0. The second-order valence-corrected chi connectivity index (χ2v) is 7.45. The van der Waals surface area contributed by atoms with Crippen molar-refractivity contribution in [3.8, 4) is 0 Å². The summed E-state index contributed by atoms with van der Waals surface area (Å²) in [6.45, 7) is 9.17. The number of aromatic nitrogens is 2. The van der Waals surface area contributed by atoms with Crippen molar-refractivity contribution in [1.82, 2.24) is 9.78 Å². The zero-order valence-corrected chi connectivity index (χ0v) is 16.2. The first-order valence-corrected chi connectivity index (χ1v) is 9.45. The molecule has 0 fully saturated rings. The lowest BCUT2D eigenvalue weighted by atomic mass is 9.74. The van der Waals surface area contributed by atoms with Crippen LogP contribution in [0.4, 0.5) is 0 Å². The molecule has 0 aromatic carbocycles. The molecule has 2 nitrogen and oxygen atoms in total. The smallest absolute Gasteiger partial charge is 0.107 e. The van der Waals surface area contributed by atoms with Crippen LogP contribution in [0.3, 0.4) is 0 Å². The van der Waals surface area contributed by atoms with Crippen molar-refractivity contribution < 1.29 is 0 Å². The van der Waals surface area contributed by atoms with Gasteiger partial charge in [-0.1, -0.05) is 65.7 Å². The van der Waals surface area contributed by atoms with Gasteiger partial charge in [-0.2, -0.15) is 5.10 Å². The minimum atomic E-state index is 0.264. The summed E-state index contributed by atoms with van der Waals surface area (Å²) in [5, 5.41) is 4.62. The highest BCUT2D eigenvalue weighted by Crippen LogP contribution is 2.40.